The van der Waals surface area contributed by atoms with E-state index in [4.69, 9.17) is 13.9 Å². The fourth-order valence-electron chi connectivity index (χ4n) is 4.54. The third kappa shape index (κ3) is 6.04. The number of methoxy groups -OCH3 is 2. The molecule has 184 valence electrons. The molecular formula is C28H32N2O5. The van der Waals surface area contributed by atoms with Gasteiger partial charge in [0, 0.05) is 12.6 Å². The van der Waals surface area contributed by atoms with Gasteiger partial charge in [0.15, 0.2) is 5.76 Å². The first kappa shape index (κ1) is 24.4. The summed E-state index contributed by atoms with van der Waals surface area (Å²) in [5.74, 6) is 1.03. The van der Waals surface area contributed by atoms with E-state index in [1.54, 1.807) is 43.4 Å². The van der Waals surface area contributed by atoms with Crippen LogP contribution in [0.15, 0.2) is 71.3 Å². The second-order valence-corrected chi connectivity index (χ2v) is 8.78. The Morgan fingerprint density at radius 1 is 0.943 bits per heavy atom. The number of hydrogen-bond donors (Lipinski definition) is 1. The molecule has 1 aliphatic carbocycles. The Bertz CT molecular complexity index is 1090. The summed E-state index contributed by atoms with van der Waals surface area (Å²) in [6, 6.07) is 17.3. The molecule has 0 radical (unpaired) electrons. The molecule has 4 rings (SSSR count). The minimum Gasteiger partial charge on any atom is -0.497 e. The van der Waals surface area contributed by atoms with Crippen LogP contribution in [0.4, 0.5) is 0 Å². The Balaban J connectivity index is 1.71. The summed E-state index contributed by atoms with van der Waals surface area (Å²) in [5, 5.41) is 3.22. The van der Waals surface area contributed by atoms with Crippen LogP contribution in [0, 0.1) is 0 Å². The van der Waals surface area contributed by atoms with Crippen LogP contribution >= 0.6 is 0 Å². The average molecular weight is 477 g/mol. The maximum absolute atomic E-state index is 13.8. The molecule has 1 heterocycles. The van der Waals surface area contributed by atoms with E-state index >= 15 is 0 Å². The van der Waals surface area contributed by atoms with E-state index in [0.29, 0.717) is 11.3 Å². The summed E-state index contributed by atoms with van der Waals surface area (Å²) in [4.78, 5) is 29.0. The summed E-state index contributed by atoms with van der Waals surface area (Å²) < 4.78 is 16.0. The number of hydrogen-bond acceptors (Lipinski definition) is 5. The minimum absolute atomic E-state index is 0.110. The maximum Gasteiger partial charge on any atom is 0.290 e. The molecule has 2 amide bonds. The van der Waals surface area contributed by atoms with Gasteiger partial charge in [-0.1, -0.05) is 43.5 Å². The van der Waals surface area contributed by atoms with Gasteiger partial charge < -0.3 is 24.1 Å². The summed E-state index contributed by atoms with van der Waals surface area (Å²) in [6.45, 7) is 0.221. The molecule has 7 nitrogen and oxygen atoms in total. The van der Waals surface area contributed by atoms with Crippen molar-refractivity contribution in [3.8, 4) is 11.5 Å². The zero-order valence-electron chi connectivity index (χ0n) is 20.2. The fourth-order valence-corrected chi connectivity index (χ4v) is 4.54. The van der Waals surface area contributed by atoms with E-state index in [-0.39, 0.29) is 30.2 Å². The van der Waals surface area contributed by atoms with Crippen molar-refractivity contribution in [2.75, 3.05) is 14.2 Å². The Morgan fingerprint density at radius 3 is 2.14 bits per heavy atom. The molecule has 0 spiro atoms. The molecule has 0 unspecified atom stereocenters. The molecule has 1 aromatic heterocycles. The van der Waals surface area contributed by atoms with Gasteiger partial charge in [-0.2, -0.15) is 0 Å². The van der Waals surface area contributed by atoms with Crippen LogP contribution < -0.4 is 14.8 Å². The first-order chi connectivity index (χ1) is 17.1. The fraction of sp³-hybridized carbons (Fsp3) is 0.357. The Kier molecular flexibility index (Phi) is 8.08. The minimum atomic E-state index is -0.845. The summed E-state index contributed by atoms with van der Waals surface area (Å²) >= 11 is 0. The van der Waals surface area contributed by atoms with Gasteiger partial charge in [0.05, 0.1) is 20.5 Å². The molecule has 7 heteroatoms. The van der Waals surface area contributed by atoms with Crippen molar-refractivity contribution in [2.45, 2.75) is 50.7 Å². The molecular weight excluding hydrogens is 444 g/mol. The third-order valence-electron chi connectivity index (χ3n) is 6.45. The molecule has 1 N–H and O–H groups in total. The number of carbonyl (C=O) groups is 2. The van der Waals surface area contributed by atoms with Crippen LogP contribution in [-0.4, -0.2) is 37.0 Å². The van der Waals surface area contributed by atoms with Crippen molar-refractivity contribution in [3.05, 3.63) is 83.8 Å². The standard InChI is InChI=1S/C28H32N2O5/c1-33-23-14-10-20(11-15-23)19-30(28(32)25-9-6-18-35-25)26(21-12-16-24(34-2)17-13-21)27(31)29-22-7-4-3-5-8-22/h6,9-18,22,26H,3-5,7-8,19H2,1-2H3,(H,29,31)/t26-/m1/s1. The van der Waals surface area contributed by atoms with Crippen molar-refractivity contribution in [1.29, 1.82) is 0 Å². The maximum atomic E-state index is 13.8. The summed E-state index contributed by atoms with van der Waals surface area (Å²) in [6.07, 6.45) is 6.74. The van der Waals surface area contributed by atoms with Gasteiger partial charge in [-0.15, -0.1) is 0 Å². The van der Waals surface area contributed by atoms with Crippen LogP contribution in [0.2, 0.25) is 0 Å². The first-order valence-electron chi connectivity index (χ1n) is 12.0. The van der Waals surface area contributed by atoms with E-state index in [1.807, 2.05) is 36.4 Å². The molecule has 1 saturated carbocycles. The highest BCUT2D eigenvalue weighted by molar-refractivity contribution is 5.96. The zero-order valence-corrected chi connectivity index (χ0v) is 20.2. The molecule has 0 aliphatic heterocycles. The van der Waals surface area contributed by atoms with Crippen molar-refractivity contribution in [3.63, 3.8) is 0 Å². The molecule has 1 aliphatic rings. The van der Waals surface area contributed by atoms with Crippen LogP contribution in [0.3, 0.4) is 0 Å². The average Bonchev–Trinajstić information content (AvgIpc) is 3.44. The lowest BCUT2D eigenvalue weighted by Crippen LogP contribution is -2.46. The molecule has 0 saturated heterocycles. The molecule has 0 bridgehead atoms. The SMILES string of the molecule is COc1ccc(CN(C(=O)c2ccco2)[C@@H](C(=O)NC2CCCCC2)c2ccc(OC)cc2)cc1. The van der Waals surface area contributed by atoms with E-state index in [9.17, 15) is 9.59 Å². The first-order valence-corrected chi connectivity index (χ1v) is 12.0. The molecule has 3 aromatic rings. The van der Waals surface area contributed by atoms with E-state index in [0.717, 1.165) is 37.0 Å². The monoisotopic (exact) mass is 476 g/mol. The number of benzene rings is 2. The van der Waals surface area contributed by atoms with Crippen molar-refractivity contribution >= 4 is 11.8 Å². The second kappa shape index (κ2) is 11.6. The number of nitrogens with one attached hydrogen (secondary N) is 1. The molecule has 35 heavy (non-hydrogen) atoms. The predicted molar refractivity (Wildman–Crippen MR) is 132 cm³/mol. The van der Waals surface area contributed by atoms with Crippen LogP contribution in [-0.2, 0) is 11.3 Å². The Morgan fingerprint density at radius 2 is 1.57 bits per heavy atom. The van der Waals surface area contributed by atoms with Gasteiger partial charge in [0.2, 0.25) is 5.91 Å². The highest BCUT2D eigenvalue weighted by Crippen LogP contribution is 2.29. The molecule has 1 atom stereocenters. The van der Waals surface area contributed by atoms with Gasteiger partial charge in [-0.25, -0.2) is 0 Å². The number of ether oxygens (including phenoxy) is 2. The predicted octanol–water partition coefficient (Wildman–Crippen LogP) is 5.13. The third-order valence-corrected chi connectivity index (χ3v) is 6.45. The van der Waals surface area contributed by atoms with E-state index in [1.165, 1.54) is 12.7 Å². The van der Waals surface area contributed by atoms with Crippen molar-refractivity contribution in [1.82, 2.24) is 10.2 Å². The van der Waals surface area contributed by atoms with Crippen LogP contribution in [0.25, 0.3) is 0 Å². The van der Waals surface area contributed by atoms with Gasteiger partial charge in [-0.05, 0) is 60.4 Å². The smallest absolute Gasteiger partial charge is 0.290 e. The van der Waals surface area contributed by atoms with Crippen molar-refractivity contribution in [2.24, 2.45) is 0 Å². The van der Waals surface area contributed by atoms with Gasteiger partial charge in [0.25, 0.3) is 5.91 Å². The van der Waals surface area contributed by atoms with Crippen LogP contribution in [0.5, 0.6) is 11.5 Å². The summed E-state index contributed by atoms with van der Waals surface area (Å²) in [5.41, 5.74) is 1.57. The van der Waals surface area contributed by atoms with Crippen LogP contribution in [0.1, 0.15) is 59.8 Å². The van der Waals surface area contributed by atoms with E-state index < -0.39 is 6.04 Å². The number of furan rings is 1. The normalized spacial score (nSPS) is 14.7. The highest BCUT2D eigenvalue weighted by atomic mass is 16.5. The number of rotatable bonds is 9. The topological polar surface area (TPSA) is 81.0 Å². The second-order valence-electron chi connectivity index (χ2n) is 8.78. The number of amides is 2. The highest BCUT2D eigenvalue weighted by Gasteiger charge is 2.34. The van der Waals surface area contributed by atoms with Gasteiger partial charge in [-0.3, -0.25) is 9.59 Å². The lowest BCUT2D eigenvalue weighted by Gasteiger charge is -2.33. The molecule has 1 fully saturated rings. The Hall–Kier alpha value is -3.74. The van der Waals surface area contributed by atoms with Gasteiger partial charge >= 0.3 is 0 Å². The van der Waals surface area contributed by atoms with Gasteiger partial charge in [0.1, 0.15) is 17.5 Å². The van der Waals surface area contributed by atoms with E-state index in [2.05, 4.69) is 5.32 Å². The zero-order chi connectivity index (χ0) is 24.6. The Labute approximate surface area is 206 Å². The van der Waals surface area contributed by atoms with Crippen molar-refractivity contribution < 1.29 is 23.5 Å². The quantitative estimate of drug-likeness (QED) is 0.463. The lowest BCUT2D eigenvalue weighted by atomic mass is 9.94. The summed E-state index contributed by atoms with van der Waals surface area (Å²) in [7, 11) is 3.20. The lowest BCUT2D eigenvalue weighted by molar-refractivity contribution is -0.127. The number of carbonyl (C=O) groups excluding carboxylic acids is 2. The molecule has 2 aromatic carbocycles. The largest absolute Gasteiger partial charge is 0.497 e. The number of nitrogens with zero attached hydrogens (tertiary/aromatic N) is 1.